The summed E-state index contributed by atoms with van der Waals surface area (Å²) in [4.78, 5) is 11.1. The van der Waals surface area contributed by atoms with Crippen LogP contribution < -0.4 is 5.32 Å². The number of ether oxygens (including phenoxy) is 2. The molecule has 2 unspecified atom stereocenters. The Hall–Kier alpha value is -1.03. The second-order valence-corrected chi connectivity index (χ2v) is 3.86. The van der Waals surface area contributed by atoms with Gasteiger partial charge in [0.1, 0.15) is 6.10 Å². The number of nitrogens with one attached hydrogen (secondary N) is 1. The zero-order valence-electron chi connectivity index (χ0n) is 9.53. The highest BCUT2D eigenvalue weighted by Crippen LogP contribution is 2.20. The van der Waals surface area contributed by atoms with E-state index in [4.69, 9.17) is 9.47 Å². The van der Waals surface area contributed by atoms with E-state index in [9.17, 15) is 4.79 Å². The zero-order valence-corrected chi connectivity index (χ0v) is 9.53. The van der Waals surface area contributed by atoms with E-state index in [2.05, 4.69) is 11.4 Å². The molecule has 4 nitrogen and oxygen atoms in total. The van der Waals surface area contributed by atoms with Crippen molar-refractivity contribution in [1.82, 2.24) is 5.32 Å². The second kappa shape index (κ2) is 5.75. The highest BCUT2D eigenvalue weighted by Gasteiger charge is 2.27. The van der Waals surface area contributed by atoms with Crippen molar-refractivity contribution in [3.05, 3.63) is 12.2 Å². The van der Waals surface area contributed by atoms with Crippen molar-refractivity contribution in [1.29, 1.82) is 0 Å². The Labute approximate surface area is 90.6 Å². The number of rotatable bonds is 3. The molecule has 1 aliphatic carbocycles. The minimum absolute atomic E-state index is 0.0210. The van der Waals surface area contributed by atoms with Crippen LogP contribution in [-0.4, -0.2) is 31.5 Å². The fourth-order valence-electron chi connectivity index (χ4n) is 1.58. The van der Waals surface area contributed by atoms with Crippen molar-refractivity contribution in [2.45, 2.75) is 45.0 Å². The third kappa shape index (κ3) is 3.91. The van der Waals surface area contributed by atoms with E-state index < -0.39 is 6.09 Å². The van der Waals surface area contributed by atoms with Crippen LogP contribution in [0.4, 0.5) is 4.79 Å². The van der Waals surface area contributed by atoms with Gasteiger partial charge in [0, 0.05) is 13.5 Å². The van der Waals surface area contributed by atoms with E-state index in [1.165, 1.54) is 0 Å². The van der Waals surface area contributed by atoms with E-state index in [-0.39, 0.29) is 18.3 Å². The van der Waals surface area contributed by atoms with Crippen molar-refractivity contribution >= 4 is 6.09 Å². The molecule has 0 spiro atoms. The topological polar surface area (TPSA) is 47.6 Å². The maximum atomic E-state index is 11.1. The maximum Gasteiger partial charge on any atom is 0.407 e. The van der Waals surface area contributed by atoms with Crippen LogP contribution in [0.2, 0.25) is 0 Å². The molecule has 1 N–H and O–H groups in total. The van der Waals surface area contributed by atoms with Crippen molar-refractivity contribution in [3.8, 4) is 0 Å². The van der Waals surface area contributed by atoms with Crippen LogP contribution in [0.15, 0.2) is 12.2 Å². The van der Waals surface area contributed by atoms with Crippen LogP contribution in [-0.2, 0) is 9.47 Å². The fourth-order valence-corrected chi connectivity index (χ4v) is 1.58. The molecule has 86 valence electrons. The van der Waals surface area contributed by atoms with Gasteiger partial charge in [-0.15, -0.1) is 0 Å². The Morgan fingerprint density at radius 2 is 1.93 bits per heavy atom. The van der Waals surface area contributed by atoms with E-state index in [0.29, 0.717) is 0 Å². The summed E-state index contributed by atoms with van der Waals surface area (Å²) in [7, 11) is 1.55. The molecule has 0 bridgehead atoms. The van der Waals surface area contributed by atoms with Crippen LogP contribution in [0.1, 0.15) is 26.7 Å². The standard InChI is InChI=1S/C11H19NO3/c1-8(2)14-9-6-4-5-7-10(9)15-11(13)12-3/h4-5,8-10H,6-7H2,1-3H3,(H,12,13). The van der Waals surface area contributed by atoms with Gasteiger partial charge in [-0.05, 0) is 20.3 Å². The van der Waals surface area contributed by atoms with E-state index in [1.54, 1.807) is 7.05 Å². The first-order valence-electron chi connectivity index (χ1n) is 5.32. The monoisotopic (exact) mass is 213 g/mol. The molecular weight excluding hydrogens is 194 g/mol. The molecule has 0 heterocycles. The fraction of sp³-hybridized carbons (Fsp3) is 0.727. The number of carbonyl (C=O) groups is 1. The van der Waals surface area contributed by atoms with E-state index in [0.717, 1.165) is 12.8 Å². The quantitative estimate of drug-likeness (QED) is 0.728. The minimum Gasteiger partial charge on any atom is -0.443 e. The Kier molecular flexibility index (Phi) is 4.62. The molecule has 15 heavy (non-hydrogen) atoms. The van der Waals surface area contributed by atoms with Crippen LogP contribution in [0.5, 0.6) is 0 Å². The summed E-state index contributed by atoms with van der Waals surface area (Å²) in [6, 6.07) is 0. The molecule has 0 saturated carbocycles. The maximum absolute atomic E-state index is 11.1. The number of hydrogen-bond acceptors (Lipinski definition) is 3. The summed E-state index contributed by atoms with van der Waals surface area (Å²) in [6.07, 6.45) is 5.18. The summed E-state index contributed by atoms with van der Waals surface area (Å²) in [6.45, 7) is 3.96. The molecule has 0 aromatic rings. The van der Waals surface area contributed by atoms with Gasteiger partial charge in [-0.3, -0.25) is 0 Å². The van der Waals surface area contributed by atoms with Gasteiger partial charge in [0.15, 0.2) is 0 Å². The smallest absolute Gasteiger partial charge is 0.407 e. The normalized spacial score (nSPS) is 25.3. The third-order valence-corrected chi connectivity index (χ3v) is 2.23. The average molecular weight is 213 g/mol. The molecule has 1 rings (SSSR count). The lowest BCUT2D eigenvalue weighted by Gasteiger charge is -2.29. The molecule has 2 atom stereocenters. The molecule has 1 aliphatic rings. The Bertz CT molecular complexity index is 238. The van der Waals surface area contributed by atoms with Gasteiger partial charge in [0.05, 0.1) is 12.2 Å². The van der Waals surface area contributed by atoms with Crippen molar-refractivity contribution in [2.24, 2.45) is 0 Å². The third-order valence-electron chi connectivity index (χ3n) is 2.23. The first-order chi connectivity index (χ1) is 7.13. The lowest BCUT2D eigenvalue weighted by molar-refractivity contribution is -0.0686. The zero-order chi connectivity index (χ0) is 11.3. The summed E-state index contributed by atoms with van der Waals surface area (Å²) >= 11 is 0. The highest BCUT2D eigenvalue weighted by molar-refractivity contribution is 5.66. The van der Waals surface area contributed by atoms with Gasteiger partial charge in [0.2, 0.25) is 0 Å². The van der Waals surface area contributed by atoms with Gasteiger partial charge in [-0.1, -0.05) is 12.2 Å². The number of hydrogen-bond donors (Lipinski definition) is 1. The van der Waals surface area contributed by atoms with Gasteiger partial charge < -0.3 is 14.8 Å². The van der Waals surface area contributed by atoms with Crippen molar-refractivity contribution in [3.63, 3.8) is 0 Å². The van der Waals surface area contributed by atoms with E-state index >= 15 is 0 Å². The summed E-state index contributed by atoms with van der Waals surface area (Å²) in [5.74, 6) is 0. The van der Waals surface area contributed by atoms with Gasteiger partial charge >= 0.3 is 6.09 Å². The molecule has 0 fully saturated rings. The van der Waals surface area contributed by atoms with Crippen molar-refractivity contribution in [2.75, 3.05) is 7.05 Å². The molecule has 0 aliphatic heterocycles. The minimum atomic E-state index is -0.396. The molecule has 1 amide bonds. The first-order valence-corrected chi connectivity index (χ1v) is 5.32. The van der Waals surface area contributed by atoms with Gasteiger partial charge in [0.25, 0.3) is 0 Å². The molecular formula is C11H19NO3. The Morgan fingerprint density at radius 3 is 2.47 bits per heavy atom. The highest BCUT2D eigenvalue weighted by atomic mass is 16.6. The summed E-state index contributed by atoms with van der Waals surface area (Å²) in [5, 5.41) is 2.45. The van der Waals surface area contributed by atoms with E-state index in [1.807, 2.05) is 19.9 Å². The average Bonchev–Trinajstić information content (AvgIpc) is 2.20. The van der Waals surface area contributed by atoms with Crippen LogP contribution in [0.3, 0.4) is 0 Å². The van der Waals surface area contributed by atoms with Gasteiger partial charge in [-0.2, -0.15) is 0 Å². The predicted octanol–water partition coefficient (Wildman–Crippen LogP) is 1.85. The number of alkyl carbamates (subject to hydrolysis) is 1. The van der Waals surface area contributed by atoms with Crippen LogP contribution >= 0.6 is 0 Å². The molecule has 0 aromatic carbocycles. The molecule has 0 saturated heterocycles. The Balaban J connectivity index is 2.51. The first kappa shape index (κ1) is 12.0. The SMILES string of the molecule is CNC(=O)OC1CC=CCC1OC(C)C. The van der Waals surface area contributed by atoms with Crippen molar-refractivity contribution < 1.29 is 14.3 Å². The Morgan fingerprint density at radius 1 is 1.33 bits per heavy atom. The van der Waals surface area contributed by atoms with Crippen LogP contribution in [0, 0.1) is 0 Å². The lowest BCUT2D eigenvalue weighted by atomic mass is 10.0. The molecule has 4 heteroatoms. The van der Waals surface area contributed by atoms with Gasteiger partial charge in [-0.25, -0.2) is 4.79 Å². The summed E-state index contributed by atoms with van der Waals surface area (Å²) < 4.78 is 10.9. The summed E-state index contributed by atoms with van der Waals surface area (Å²) in [5.41, 5.74) is 0. The second-order valence-electron chi connectivity index (χ2n) is 3.86. The number of amides is 1. The molecule has 0 aromatic heterocycles. The molecule has 0 radical (unpaired) electrons. The predicted molar refractivity (Wildman–Crippen MR) is 57.7 cm³/mol. The number of carbonyl (C=O) groups excluding carboxylic acids is 1. The lowest BCUT2D eigenvalue weighted by Crippen LogP contribution is -2.38. The van der Waals surface area contributed by atoms with Crippen LogP contribution in [0.25, 0.3) is 0 Å². The largest absolute Gasteiger partial charge is 0.443 e.